The average molecular weight is 336 g/mol. The Morgan fingerprint density at radius 2 is 2.31 bits per heavy atom. The maximum absolute atomic E-state index is 10.8. The van der Waals surface area contributed by atoms with E-state index in [1.165, 1.54) is 6.07 Å². The molecular formula is C10H13IN2O3. The number of aliphatic hydroxyl groups is 1. The van der Waals surface area contributed by atoms with Crippen molar-refractivity contribution in [1.29, 1.82) is 0 Å². The lowest BCUT2D eigenvalue weighted by Crippen LogP contribution is -2.23. The van der Waals surface area contributed by atoms with Crippen LogP contribution in [0.15, 0.2) is 18.2 Å². The minimum atomic E-state index is -0.422. The normalized spacial score (nSPS) is 12.2. The number of rotatable bonds is 5. The Kier molecular flexibility index (Phi) is 4.94. The van der Waals surface area contributed by atoms with Crippen molar-refractivity contribution < 1.29 is 10.0 Å². The molecule has 6 heteroatoms. The SMILES string of the molecule is CCC(CO)Nc1ccc(I)cc1[N+](=O)[O-]. The highest BCUT2D eigenvalue weighted by molar-refractivity contribution is 14.1. The Labute approximate surface area is 107 Å². The van der Waals surface area contributed by atoms with E-state index in [-0.39, 0.29) is 18.3 Å². The van der Waals surface area contributed by atoms with Gasteiger partial charge in [-0.25, -0.2) is 0 Å². The molecule has 5 nitrogen and oxygen atoms in total. The number of benzene rings is 1. The van der Waals surface area contributed by atoms with Crippen LogP contribution in [0.4, 0.5) is 11.4 Å². The highest BCUT2D eigenvalue weighted by atomic mass is 127. The van der Waals surface area contributed by atoms with Gasteiger partial charge in [-0.05, 0) is 41.1 Å². The van der Waals surface area contributed by atoms with Gasteiger partial charge >= 0.3 is 0 Å². The summed E-state index contributed by atoms with van der Waals surface area (Å²) in [6.07, 6.45) is 0.708. The van der Waals surface area contributed by atoms with Crippen LogP contribution in [0, 0.1) is 13.7 Å². The van der Waals surface area contributed by atoms with Gasteiger partial charge in [0.15, 0.2) is 0 Å². The fourth-order valence-corrected chi connectivity index (χ4v) is 1.75. The summed E-state index contributed by atoms with van der Waals surface area (Å²) in [4.78, 5) is 10.4. The van der Waals surface area contributed by atoms with Crippen LogP contribution in [-0.2, 0) is 0 Å². The van der Waals surface area contributed by atoms with Crippen LogP contribution in [0.3, 0.4) is 0 Å². The second-order valence-electron chi connectivity index (χ2n) is 3.35. The first kappa shape index (κ1) is 13.2. The van der Waals surface area contributed by atoms with E-state index in [1.807, 2.05) is 29.5 Å². The average Bonchev–Trinajstić information content (AvgIpc) is 2.27. The van der Waals surface area contributed by atoms with Crippen LogP contribution in [0.5, 0.6) is 0 Å². The number of hydrogen-bond donors (Lipinski definition) is 2. The van der Waals surface area contributed by atoms with Crippen molar-refractivity contribution in [2.24, 2.45) is 0 Å². The molecule has 0 amide bonds. The first-order valence-electron chi connectivity index (χ1n) is 4.89. The highest BCUT2D eigenvalue weighted by Crippen LogP contribution is 2.27. The Bertz CT molecular complexity index is 380. The molecule has 0 aliphatic rings. The molecule has 16 heavy (non-hydrogen) atoms. The molecule has 0 aliphatic carbocycles. The molecule has 0 aromatic heterocycles. The third-order valence-corrected chi connectivity index (χ3v) is 2.90. The Hall–Kier alpha value is -0.890. The van der Waals surface area contributed by atoms with E-state index in [4.69, 9.17) is 5.11 Å². The summed E-state index contributed by atoms with van der Waals surface area (Å²) in [5.74, 6) is 0. The maximum Gasteiger partial charge on any atom is 0.293 e. The lowest BCUT2D eigenvalue weighted by atomic mass is 10.2. The Morgan fingerprint density at radius 3 is 2.81 bits per heavy atom. The van der Waals surface area contributed by atoms with Gasteiger partial charge in [0.2, 0.25) is 0 Å². The molecule has 0 bridgehead atoms. The highest BCUT2D eigenvalue weighted by Gasteiger charge is 2.16. The Balaban J connectivity index is 2.98. The van der Waals surface area contributed by atoms with E-state index in [0.29, 0.717) is 12.1 Å². The quantitative estimate of drug-likeness (QED) is 0.492. The van der Waals surface area contributed by atoms with Crippen molar-refractivity contribution in [3.63, 3.8) is 0 Å². The van der Waals surface area contributed by atoms with Crippen LogP contribution in [0.25, 0.3) is 0 Å². The van der Waals surface area contributed by atoms with Gasteiger partial charge in [0, 0.05) is 15.7 Å². The van der Waals surface area contributed by atoms with Crippen LogP contribution >= 0.6 is 22.6 Å². The molecule has 88 valence electrons. The van der Waals surface area contributed by atoms with Crippen molar-refractivity contribution in [1.82, 2.24) is 0 Å². The number of hydrogen-bond acceptors (Lipinski definition) is 4. The third-order valence-electron chi connectivity index (χ3n) is 2.23. The molecule has 0 heterocycles. The second kappa shape index (κ2) is 6.00. The molecule has 1 aromatic carbocycles. The van der Waals surface area contributed by atoms with Gasteiger partial charge in [-0.3, -0.25) is 10.1 Å². The number of nitro benzene ring substituents is 1. The molecule has 0 fully saturated rings. The Morgan fingerprint density at radius 1 is 1.62 bits per heavy atom. The molecule has 2 N–H and O–H groups in total. The van der Waals surface area contributed by atoms with Crippen LogP contribution in [0.1, 0.15) is 13.3 Å². The lowest BCUT2D eigenvalue weighted by Gasteiger charge is -2.15. The van der Waals surface area contributed by atoms with E-state index < -0.39 is 4.92 Å². The number of nitrogens with one attached hydrogen (secondary N) is 1. The van der Waals surface area contributed by atoms with Gasteiger partial charge in [0.05, 0.1) is 11.5 Å². The van der Waals surface area contributed by atoms with Gasteiger partial charge in [-0.1, -0.05) is 6.92 Å². The zero-order chi connectivity index (χ0) is 12.1. The molecule has 1 unspecified atom stereocenters. The van der Waals surface area contributed by atoms with Gasteiger partial charge in [0.25, 0.3) is 5.69 Å². The van der Waals surface area contributed by atoms with E-state index >= 15 is 0 Å². The van der Waals surface area contributed by atoms with E-state index in [2.05, 4.69) is 5.32 Å². The number of nitrogens with zero attached hydrogens (tertiary/aromatic N) is 1. The molecular weight excluding hydrogens is 323 g/mol. The predicted molar refractivity (Wildman–Crippen MR) is 70.6 cm³/mol. The first-order valence-corrected chi connectivity index (χ1v) is 5.97. The van der Waals surface area contributed by atoms with Crippen molar-refractivity contribution in [2.75, 3.05) is 11.9 Å². The molecule has 0 aliphatic heterocycles. The van der Waals surface area contributed by atoms with E-state index in [1.54, 1.807) is 12.1 Å². The number of anilines is 1. The first-order chi connectivity index (χ1) is 7.58. The molecule has 0 radical (unpaired) electrons. The molecule has 1 aromatic rings. The second-order valence-corrected chi connectivity index (χ2v) is 4.60. The summed E-state index contributed by atoms with van der Waals surface area (Å²) in [7, 11) is 0. The van der Waals surface area contributed by atoms with Crippen molar-refractivity contribution >= 4 is 34.0 Å². The molecule has 1 rings (SSSR count). The van der Waals surface area contributed by atoms with E-state index in [9.17, 15) is 10.1 Å². The van der Waals surface area contributed by atoms with Gasteiger partial charge in [-0.15, -0.1) is 0 Å². The summed E-state index contributed by atoms with van der Waals surface area (Å²) in [6.45, 7) is 1.87. The minimum Gasteiger partial charge on any atom is -0.394 e. The number of aliphatic hydroxyl groups excluding tert-OH is 1. The summed E-state index contributed by atoms with van der Waals surface area (Å²) < 4.78 is 0.812. The van der Waals surface area contributed by atoms with E-state index in [0.717, 1.165) is 3.57 Å². The number of nitro groups is 1. The van der Waals surface area contributed by atoms with Gasteiger partial charge in [0.1, 0.15) is 5.69 Å². The van der Waals surface area contributed by atoms with Crippen molar-refractivity contribution in [3.8, 4) is 0 Å². The van der Waals surface area contributed by atoms with Crippen LogP contribution in [0.2, 0.25) is 0 Å². The molecule has 0 saturated carbocycles. The maximum atomic E-state index is 10.8. The topological polar surface area (TPSA) is 75.4 Å². The van der Waals surface area contributed by atoms with Crippen LogP contribution in [-0.4, -0.2) is 22.7 Å². The fraction of sp³-hybridized carbons (Fsp3) is 0.400. The van der Waals surface area contributed by atoms with Crippen LogP contribution < -0.4 is 5.32 Å². The zero-order valence-electron chi connectivity index (χ0n) is 8.81. The molecule has 1 atom stereocenters. The summed E-state index contributed by atoms with van der Waals surface area (Å²) >= 11 is 2.03. The van der Waals surface area contributed by atoms with Gasteiger partial charge in [-0.2, -0.15) is 0 Å². The standard InChI is InChI=1S/C10H13IN2O3/c1-2-8(6-14)12-9-4-3-7(11)5-10(9)13(15)16/h3-5,8,12,14H,2,6H2,1H3. The monoisotopic (exact) mass is 336 g/mol. The zero-order valence-corrected chi connectivity index (χ0v) is 11.0. The predicted octanol–water partition coefficient (Wildman–Crippen LogP) is 2.38. The smallest absolute Gasteiger partial charge is 0.293 e. The fourth-order valence-electron chi connectivity index (χ4n) is 1.27. The summed E-state index contributed by atoms with van der Waals surface area (Å²) in [6, 6.07) is 4.81. The third kappa shape index (κ3) is 3.31. The summed E-state index contributed by atoms with van der Waals surface area (Å²) in [5.41, 5.74) is 0.491. The summed E-state index contributed by atoms with van der Waals surface area (Å²) in [5, 5.41) is 22.8. The molecule has 0 saturated heterocycles. The number of halogens is 1. The van der Waals surface area contributed by atoms with Crippen molar-refractivity contribution in [2.45, 2.75) is 19.4 Å². The van der Waals surface area contributed by atoms with Gasteiger partial charge < -0.3 is 10.4 Å². The molecule has 0 spiro atoms. The largest absolute Gasteiger partial charge is 0.394 e. The minimum absolute atomic E-state index is 0.0406. The van der Waals surface area contributed by atoms with Crippen molar-refractivity contribution in [3.05, 3.63) is 31.9 Å². The lowest BCUT2D eigenvalue weighted by molar-refractivity contribution is -0.384.